The highest BCUT2D eigenvalue weighted by Crippen LogP contribution is 2.13. The molecule has 0 aliphatic carbocycles. The zero-order chi connectivity index (χ0) is 13.8. The fourth-order valence-corrected chi connectivity index (χ4v) is 1.81. The summed E-state index contributed by atoms with van der Waals surface area (Å²) in [5.41, 5.74) is 2.85. The maximum Gasteiger partial charge on any atom is 0.255 e. The van der Waals surface area contributed by atoms with Gasteiger partial charge in [-0.05, 0) is 38.1 Å². The van der Waals surface area contributed by atoms with Crippen molar-refractivity contribution in [2.45, 2.75) is 13.8 Å². The zero-order valence-corrected chi connectivity index (χ0v) is 10.9. The first-order valence-electron chi connectivity index (χ1n) is 6.05. The van der Waals surface area contributed by atoms with Crippen LogP contribution in [0.1, 0.15) is 33.2 Å². The van der Waals surface area contributed by atoms with E-state index in [0.717, 1.165) is 5.56 Å². The Hall–Kier alpha value is -2.42. The Morgan fingerprint density at radius 1 is 0.947 bits per heavy atom. The van der Waals surface area contributed by atoms with Crippen molar-refractivity contribution in [3.05, 3.63) is 65.2 Å². The molecule has 19 heavy (non-hydrogen) atoms. The third-order valence-corrected chi connectivity index (χ3v) is 2.81. The zero-order valence-electron chi connectivity index (χ0n) is 10.9. The molecule has 0 spiro atoms. The molecule has 0 aliphatic rings. The summed E-state index contributed by atoms with van der Waals surface area (Å²) in [7, 11) is 0. The molecule has 3 heteroatoms. The number of ketones is 1. The van der Waals surface area contributed by atoms with Crippen LogP contribution in [0, 0.1) is 6.92 Å². The molecule has 0 saturated heterocycles. The van der Waals surface area contributed by atoms with Gasteiger partial charge in [0.2, 0.25) is 0 Å². The number of carbonyl (C=O) groups is 2. The number of amides is 1. The van der Waals surface area contributed by atoms with Crippen molar-refractivity contribution in [2.75, 3.05) is 5.32 Å². The summed E-state index contributed by atoms with van der Waals surface area (Å²) in [6, 6.07) is 14.3. The smallest absolute Gasteiger partial charge is 0.255 e. The molecule has 0 radical (unpaired) electrons. The number of rotatable bonds is 3. The van der Waals surface area contributed by atoms with E-state index in [0.29, 0.717) is 16.8 Å². The first kappa shape index (κ1) is 13.0. The third kappa shape index (κ3) is 3.28. The molecule has 0 bridgehead atoms. The number of benzene rings is 2. The topological polar surface area (TPSA) is 46.2 Å². The van der Waals surface area contributed by atoms with E-state index in [1.807, 2.05) is 25.1 Å². The third-order valence-electron chi connectivity index (χ3n) is 2.81. The van der Waals surface area contributed by atoms with Crippen LogP contribution in [0.15, 0.2) is 48.5 Å². The molecule has 0 saturated carbocycles. The summed E-state index contributed by atoms with van der Waals surface area (Å²) in [6.45, 7) is 3.44. The van der Waals surface area contributed by atoms with Gasteiger partial charge in [0, 0.05) is 16.8 Å². The molecular weight excluding hydrogens is 238 g/mol. The van der Waals surface area contributed by atoms with Gasteiger partial charge in [0.1, 0.15) is 0 Å². The number of aryl methyl sites for hydroxylation is 1. The Morgan fingerprint density at radius 3 is 2.32 bits per heavy atom. The lowest BCUT2D eigenvalue weighted by molar-refractivity contribution is 0.101. The Kier molecular flexibility index (Phi) is 3.76. The number of hydrogen-bond donors (Lipinski definition) is 1. The number of Topliss-reactive ketones (excluding diaryl/α,β-unsaturated/α-hetero) is 1. The predicted octanol–water partition coefficient (Wildman–Crippen LogP) is 3.45. The minimum Gasteiger partial charge on any atom is -0.322 e. The molecule has 0 heterocycles. The average Bonchev–Trinajstić information content (AvgIpc) is 2.39. The highest BCUT2D eigenvalue weighted by atomic mass is 16.1. The Bertz CT molecular complexity index is 632. The maximum absolute atomic E-state index is 12.1. The molecule has 2 aromatic carbocycles. The molecule has 0 atom stereocenters. The van der Waals surface area contributed by atoms with E-state index in [2.05, 4.69) is 5.32 Å². The van der Waals surface area contributed by atoms with Gasteiger partial charge in [0.15, 0.2) is 5.78 Å². The number of anilines is 1. The molecular formula is C16H15NO2. The molecule has 0 unspecified atom stereocenters. The van der Waals surface area contributed by atoms with Crippen molar-refractivity contribution in [1.82, 2.24) is 0 Å². The van der Waals surface area contributed by atoms with Crippen molar-refractivity contribution < 1.29 is 9.59 Å². The summed E-state index contributed by atoms with van der Waals surface area (Å²) in [4.78, 5) is 23.3. The van der Waals surface area contributed by atoms with Crippen molar-refractivity contribution in [1.29, 1.82) is 0 Å². The average molecular weight is 253 g/mol. The van der Waals surface area contributed by atoms with Crippen molar-refractivity contribution in [3.63, 3.8) is 0 Å². The van der Waals surface area contributed by atoms with E-state index in [9.17, 15) is 9.59 Å². The van der Waals surface area contributed by atoms with E-state index in [1.54, 1.807) is 30.3 Å². The molecule has 1 amide bonds. The second-order valence-corrected chi connectivity index (χ2v) is 4.46. The van der Waals surface area contributed by atoms with Gasteiger partial charge in [-0.2, -0.15) is 0 Å². The van der Waals surface area contributed by atoms with Crippen LogP contribution in [-0.4, -0.2) is 11.7 Å². The number of carbonyl (C=O) groups excluding carboxylic acids is 2. The van der Waals surface area contributed by atoms with E-state index >= 15 is 0 Å². The van der Waals surface area contributed by atoms with Crippen molar-refractivity contribution in [3.8, 4) is 0 Å². The summed E-state index contributed by atoms with van der Waals surface area (Å²) in [5.74, 6) is -0.198. The first-order valence-corrected chi connectivity index (χ1v) is 6.05. The van der Waals surface area contributed by atoms with Gasteiger partial charge in [-0.15, -0.1) is 0 Å². The molecule has 96 valence electrons. The SMILES string of the molecule is CC(=O)c1cccc(NC(=O)c2cccc(C)c2)c1. The molecule has 0 fully saturated rings. The highest BCUT2D eigenvalue weighted by Gasteiger charge is 2.07. The van der Waals surface area contributed by atoms with Crippen molar-refractivity contribution >= 4 is 17.4 Å². The van der Waals surface area contributed by atoms with Crippen LogP contribution in [0.2, 0.25) is 0 Å². The molecule has 1 N–H and O–H groups in total. The van der Waals surface area contributed by atoms with Gasteiger partial charge in [0.25, 0.3) is 5.91 Å². The monoisotopic (exact) mass is 253 g/mol. The van der Waals surface area contributed by atoms with E-state index < -0.39 is 0 Å². The molecule has 3 nitrogen and oxygen atoms in total. The predicted molar refractivity (Wildman–Crippen MR) is 75.6 cm³/mol. The fraction of sp³-hybridized carbons (Fsp3) is 0.125. The Balaban J connectivity index is 2.19. The van der Waals surface area contributed by atoms with Gasteiger partial charge < -0.3 is 5.32 Å². The summed E-state index contributed by atoms with van der Waals surface area (Å²) < 4.78 is 0. The lowest BCUT2D eigenvalue weighted by Gasteiger charge is -2.07. The van der Waals surface area contributed by atoms with Gasteiger partial charge in [0.05, 0.1) is 0 Å². The fourth-order valence-electron chi connectivity index (χ4n) is 1.81. The van der Waals surface area contributed by atoms with E-state index in [-0.39, 0.29) is 11.7 Å². The number of hydrogen-bond acceptors (Lipinski definition) is 2. The Morgan fingerprint density at radius 2 is 1.63 bits per heavy atom. The molecule has 0 aromatic heterocycles. The van der Waals surface area contributed by atoms with Crippen molar-refractivity contribution in [2.24, 2.45) is 0 Å². The quantitative estimate of drug-likeness (QED) is 0.851. The highest BCUT2D eigenvalue weighted by molar-refractivity contribution is 6.05. The van der Waals surface area contributed by atoms with E-state index in [1.165, 1.54) is 6.92 Å². The van der Waals surface area contributed by atoms with Gasteiger partial charge >= 0.3 is 0 Å². The summed E-state index contributed by atoms with van der Waals surface area (Å²) in [6.07, 6.45) is 0. The lowest BCUT2D eigenvalue weighted by atomic mass is 10.1. The summed E-state index contributed by atoms with van der Waals surface area (Å²) in [5, 5.41) is 2.79. The minimum atomic E-state index is -0.176. The summed E-state index contributed by atoms with van der Waals surface area (Å²) >= 11 is 0. The van der Waals surface area contributed by atoms with Crippen LogP contribution < -0.4 is 5.32 Å². The number of nitrogens with one attached hydrogen (secondary N) is 1. The standard InChI is InChI=1S/C16H15NO2/c1-11-5-3-7-14(9-11)16(19)17-15-8-4-6-13(10-15)12(2)18/h3-10H,1-2H3,(H,17,19). The normalized spacial score (nSPS) is 10.0. The largest absolute Gasteiger partial charge is 0.322 e. The van der Waals surface area contributed by atoms with Crippen LogP contribution in [0.25, 0.3) is 0 Å². The maximum atomic E-state index is 12.1. The minimum absolute atomic E-state index is 0.0216. The molecule has 2 rings (SSSR count). The lowest BCUT2D eigenvalue weighted by Crippen LogP contribution is -2.12. The van der Waals surface area contributed by atoms with Crippen LogP contribution in [0.3, 0.4) is 0 Å². The first-order chi connectivity index (χ1) is 9.06. The molecule has 0 aliphatic heterocycles. The second kappa shape index (κ2) is 5.48. The van der Waals surface area contributed by atoms with Gasteiger partial charge in [-0.25, -0.2) is 0 Å². The van der Waals surface area contributed by atoms with Gasteiger partial charge in [-0.1, -0.05) is 29.8 Å². The molecule has 2 aromatic rings. The van der Waals surface area contributed by atoms with Crippen LogP contribution in [0.5, 0.6) is 0 Å². The van der Waals surface area contributed by atoms with Crippen LogP contribution in [0.4, 0.5) is 5.69 Å². The van der Waals surface area contributed by atoms with E-state index in [4.69, 9.17) is 0 Å². The van der Waals surface area contributed by atoms with Crippen LogP contribution >= 0.6 is 0 Å². The van der Waals surface area contributed by atoms with Gasteiger partial charge in [-0.3, -0.25) is 9.59 Å². The Labute approximate surface area is 112 Å². The van der Waals surface area contributed by atoms with Crippen LogP contribution in [-0.2, 0) is 0 Å². The second-order valence-electron chi connectivity index (χ2n) is 4.46.